The van der Waals surface area contributed by atoms with E-state index in [1.54, 1.807) is 0 Å². The molecule has 82 valence electrons. The zero-order valence-corrected chi connectivity index (χ0v) is 10.7. The van der Waals surface area contributed by atoms with Crippen LogP contribution in [0.5, 0.6) is 0 Å². The van der Waals surface area contributed by atoms with Gasteiger partial charge in [0, 0.05) is 5.88 Å². The van der Waals surface area contributed by atoms with Crippen LogP contribution in [-0.4, -0.2) is 23.8 Å². The van der Waals surface area contributed by atoms with E-state index in [2.05, 4.69) is 0 Å². The summed E-state index contributed by atoms with van der Waals surface area (Å²) in [5.74, 6) is -0.291. The lowest BCUT2D eigenvalue weighted by atomic mass is 10.4. The van der Waals surface area contributed by atoms with Crippen molar-refractivity contribution in [2.75, 3.05) is 12.5 Å². The number of ether oxygens (including phenoxy) is 1. The third kappa shape index (κ3) is 5.52. The molecule has 0 radical (unpaired) electrons. The molecule has 1 unspecified atom stereocenters. The first-order chi connectivity index (χ1) is 6.50. The summed E-state index contributed by atoms with van der Waals surface area (Å²) in [5, 5.41) is -1.32. The van der Waals surface area contributed by atoms with Crippen LogP contribution in [0.15, 0.2) is 9.52 Å². The average Bonchev–Trinajstić information content (AvgIpc) is 2.15. The van der Waals surface area contributed by atoms with Crippen molar-refractivity contribution in [2.45, 2.75) is 11.8 Å². The highest BCUT2D eigenvalue weighted by Gasteiger charge is 2.22. The molecule has 0 N–H and O–H groups in total. The topological polar surface area (TPSA) is 26.3 Å². The molecule has 0 bridgehead atoms. The van der Waals surface area contributed by atoms with Gasteiger partial charge in [-0.1, -0.05) is 34.8 Å². The third-order valence-corrected chi connectivity index (χ3v) is 2.92. The number of alkyl halides is 2. The Morgan fingerprint density at radius 1 is 1.29 bits per heavy atom. The quantitative estimate of drug-likeness (QED) is 0.440. The second kappa shape index (κ2) is 7.89. The molecule has 0 heterocycles. The van der Waals surface area contributed by atoms with E-state index in [9.17, 15) is 4.79 Å². The normalized spacial score (nSPS) is 12.1. The van der Waals surface area contributed by atoms with Gasteiger partial charge in [-0.2, -0.15) is 0 Å². The Morgan fingerprint density at radius 3 is 2.29 bits per heavy atom. The first-order valence-corrected chi connectivity index (χ1v) is 5.68. The zero-order chi connectivity index (χ0) is 11.1. The fourth-order valence-electron chi connectivity index (χ4n) is 0.500. The zero-order valence-electron chi connectivity index (χ0n) is 6.90. The van der Waals surface area contributed by atoms with Crippen molar-refractivity contribution >= 4 is 64.0 Å². The first kappa shape index (κ1) is 14.7. The van der Waals surface area contributed by atoms with Crippen molar-refractivity contribution in [3.8, 4) is 0 Å². The van der Waals surface area contributed by atoms with E-state index in [1.807, 2.05) is 0 Å². The Labute approximate surface area is 107 Å². The largest absolute Gasteiger partial charge is 0.464 e. The van der Waals surface area contributed by atoms with Gasteiger partial charge in [0.05, 0.1) is 11.6 Å². The minimum absolute atomic E-state index is 0.147. The van der Waals surface area contributed by atoms with E-state index in [1.165, 1.54) is 0 Å². The van der Waals surface area contributed by atoms with Gasteiger partial charge in [-0.25, -0.2) is 0 Å². The summed E-state index contributed by atoms with van der Waals surface area (Å²) in [6.45, 7) is 0.190. The Balaban J connectivity index is 4.07. The van der Waals surface area contributed by atoms with Gasteiger partial charge >= 0.3 is 5.97 Å². The molecule has 0 saturated carbocycles. The number of carbonyl (C=O) groups is 1. The summed E-state index contributed by atoms with van der Waals surface area (Å²) in [6.07, 6.45) is 0.548. The van der Waals surface area contributed by atoms with Crippen molar-refractivity contribution in [3.63, 3.8) is 0 Å². The van der Waals surface area contributed by atoms with Crippen molar-refractivity contribution in [3.05, 3.63) is 9.52 Å². The summed E-state index contributed by atoms with van der Waals surface area (Å²) in [7, 11) is 0. The van der Waals surface area contributed by atoms with Crippen LogP contribution in [0.4, 0.5) is 0 Å². The molecule has 0 saturated heterocycles. The molecule has 14 heavy (non-hydrogen) atoms. The molecule has 0 aromatic rings. The van der Waals surface area contributed by atoms with Gasteiger partial charge in [0.1, 0.15) is 4.49 Å². The molecule has 0 spiro atoms. The van der Waals surface area contributed by atoms with Crippen LogP contribution < -0.4 is 0 Å². The fourth-order valence-corrected chi connectivity index (χ4v) is 1.20. The van der Waals surface area contributed by atoms with Crippen LogP contribution in [0.1, 0.15) is 6.42 Å². The lowest BCUT2D eigenvalue weighted by Crippen LogP contribution is -2.19. The van der Waals surface area contributed by atoms with Gasteiger partial charge in [-0.05, 0) is 6.42 Å². The smallest absolute Gasteiger partial charge is 0.329 e. The molecular formula is C7H7Cl5O2. The highest BCUT2D eigenvalue weighted by atomic mass is 35.5. The molecule has 7 heteroatoms. The highest BCUT2D eigenvalue weighted by molar-refractivity contribution is 6.61. The minimum Gasteiger partial charge on any atom is -0.464 e. The highest BCUT2D eigenvalue weighted by Crippen LogP contribution is 2.25. The standard InChI is InChI=1S/C7H7Cl5O2/c8-2-1-3-14-7(13)5(10)4(9)6(11)12/h5H,1-3H2. The third-order valence-electron chi connectivity index (χ3n) is 1.13. The van der Waals surface area contributed by atoms with Crippen LogP contribution in [0.3, 0.4) is 0 Å². The summed E-state index contributed by atoms with van der Waals surface area (Å²) in [5.41, 5.74) is 0. The van der Waals surface area contributed by atoms with Gasteiger partial charge < -0.3 is 4.74 Å². The molecule has 0 aliphatic carbocycles. The van der Waals surface area contributed by atoms with Crippen LogP contribution in [-0.2, 0) is 9.53 Å². The van der Waals surface area contributed by atoms with Gasteiger partial charge in [0.2, 0.25) is 0 Å². The second-order valence-corrected chi connectivity index (χ2v) is 4.35. The number of halogens is 5. The van der Waals surface area contributed by atoms with Crippen molar-refractivity contribution in [2.24, 2.45) is 0 Å². The average molecular weight is 300 g/mol. The summed E-state index contributed by atoms with van der Waals surface area (Å²) in [6, 6.07) is 0. The number of hydrogen-bond donors (Lipinski definition) is 0. The lowest BCUT2D eigenvalue weighted by molar-refractivity contribution is -0.142. The number of carbonyl (C=O) groups excluding carboxylic acids is 1. The molecule has 0 aromatic heterocycles. The molecule has 0 aliphatic heterocycles. The number of hydrogen-bond acceptors (Lipinski definition) is 2. The van der Waals surface area contributed by atoms with Gasteiger partial charge in [-0.3, -0.25) is 4.79 Å². The van der Waals surface area contributed by atoms with E-state index in [0.29, 0.717) is 12.3 Å². The molecular weight excluding hydrogens is 293 g/mol. The van der Waals surface area contributed by atoms with Gasteiger partial charge in [0.15, 0.2) is 5.38 Å². The summed E-state index contributed by atoms with van der Waals surface area (Å²) >= 11 is 27.2. The monoisotopic (exact) mass is 298 g/mol. The van der Waals surface area contributed by atoms with Crippen LogP contribution >= 0.6 is 58.0 Å². The number of esters is 1. The summed E-state index contributed by atoms with van der Waals surface area (Å²) < 4.78 is 4.48. The van der Waals surface area contributed by atoms with Crippen molar-refractivity contribution < 1.29 is 9.53 Å². The Bertz CT molecular complexity index is 224. The molecule has 0 fully saturated rings. The maximum absolute atomic E-state index is 11.1. The maximum Gasteiger partial charge on any atom is 0.329 e. The Kier molecular flexibility index (Phi) is 8.26. The van der Waals surface area contributed by atoms with Crippen LogP contribution in [0.25, 0.3) is 0 Å². The maximum atomic E-state index is 11.1. The van der Waals surface area contributed by atoms with E-state index in [-0.39, 0.29) is 16.1 Å². The van der Waals surface area contributed by atoms with Crippen molar-refractivity contribution in [1.29, 1.82) is 0 Å². The predicted molar refractivity (Wildman–Crippen MR) is 60.5 cm³/mol. The van der Waals surface area contributed by atoms with E-state index < -0.39 is 11.3 Å². The first-order valence-electron chi connectivity index (χ1n) is 3.58. The summed E-state index contributed by atoms with van der Waals surface area (Å²) in [4.78, 5) is 11.1. The molecule has 0 rings (SSSR count). The van der Waals surface area contributed by atoms with Crippen LogP contribution in [0, 0.1) is 0 Å². The lowest BCUT2D eigenvalue weighted by Gasteiger charge is -2.08. The van der Waals surface area contributed by atoms with E-state index in [0.717, 1.165) is 0 Å². The van der Waals surface area contributed by atoms with Crippen LogP contribution in [0.2, 0.25) is 0 Å². The molecule has 0 amide bonds. The molecule has 0 aliphatic rings. The van der Waals surface area contributed by atoms with Crippen molar-refractivity contribution in [1.82, 2.24) is 0 Å². The predicted octanol–water partition coefficient (Wildman–Crippen LogP) is 3.65. The Morgan fingerprint density at radius 2 is 1.86 bits per heavy atom. The van der Waals surface area contributed by atoms with E-state index >= 15 is 0 Å². The SMILES string of the molecule is O=C(OCCCCl)C(Cl)C(Cl)=C(Cl)Cl. The molecule has 1 atom stereocenters. The fraction of sp³-hybridized carbons (Fsp3) is 0.571. The van der Waals surface area contributed by atoms with Gasteiger partial charge in [0.25, 0.3) is 0 Å². The second-order valence-electron chi connectivity index (χ2n) is 2.18. The molecule has 0 aromatic carbocycles. The number of rotatable bonds is 5. The minimum atomic E-state index is -1.17. The van der Waals surface area contributed by atoms with Gasteiger partial charge in [-0.15, -0.1) is 23.2 Å². The Hall–Kier alpha value is 0.660. The van der Waals surface area contributed by atoms with E-state index in [4.69, 9.17) is 62.7 Å². The molecule has 2 nitrogen and oxygen atoms in total.